The van der Waals surface area contributed by atoms with Crippen LogP contribution >= 0.6 is 0 Å². The smallest absolute Gasteiger partial charge is 0.291 e. The van der Waals surface area contributed by atoms with E-state index in [0.717, 1.165) is 5.69 Å². The van der Waals surface area contributed by atoms with Crippen molar-refractivity contribution in [2.24, 2.45) is 0 Å². The monoisotopic (exact) mass is 224 g/mol. The summed E-state index contributed by atoms with van der Waals surface area (Å²) < 4.78 is 0. The van der Waals surface area contributed by atoms with Crippen LogP contribution in [0.25, 0.3) is 11.5 Å². The van der Waals surface area contributed by atoms with E-state index >= 15 is 0 Å². The molecule has 0 bridgehead atoms. The number of nitrogens with one attached hydrogen (secondary N) is 1. The van der Waals surface area contributed by atoms with E-state index in [1.54, 1.807) is 6.20 Å². The largest absolute Gasteiger partial charge is 0.366 e. The number of nitrogen functional groups attached to an aromatic ring is 1. The van der Waals surface area contributed by atoms with Crippen LogP contribution in [0.15, 0.2) is 24.4 Å². The van der Waals surface area contributed by atoms with Crippen LogP contribution in [0.5, 0.6) is 0 Å². The van der Waals surface area contributed by atoms with E-state index in [1.165, 1.54) is 0 Å². The summed E-state index contributed by atoms with van der Waals surface area (Å²) in [6, 6.07) is 5.55. The average molecular weight is 224 g/mol. The quantitative estimate of drug-likeness (QED) is 0.460. The number of aromatic amines is 1. The third-order valence-corrected chi connectivity index (χ3v) is 1.41. The fourth-order valence-corrected chi connectivity index (χ4v) is 0.892. The molecule has 0 aliphatic heterocycles. The Morgan fingerprint density at radius 1 is 1.50 bits per heavy atom. The van der Waals surface area contributed by atoms with Gasteiger partial charge in [0.2, 0.25) is 5.95 Å². The lowest BCUT2D eigenvalue weighted by atomic mass is 10.3. The van der Waals surface area contributed by atoms with Crippen molar-refractivity contribution < 1.29 is 10.3 Å². The fraction of sp³-hybridized carbons (Fsp3) is 0. The van der Waals surface area contributed by atoms with Crippen LogP contribution in [0.4, 0.5) is 5.95 Å². The summed E-state index contributed by atoms with van der Waals surface area (Å²) >= 11 is 0. The molecule has 0 fully saturated rings. The van der Waals surface area contributed by atoms with Crippen molar-refractivity contribution in [3.8, 4) is 11.5 Å². The van der Waals surface area contributed by atoms with Gasteiger partial charge in [-0.25, -0.2) is 0 Å². The van der Waals surface area contributed by atoms with Crippen molar-refractivity contribution in [3.63, 3.8) is 0 Å². The Bertz CT molecular complexity index is 452. The number of aromatic nitrogens is 4. The summed E-state index contributed by atoms with van der Waals surface area (Å²) in [5.74, 6) is 0.823. The molecular weight excluding hydrogens is 216 g/mol. The van der Waals surface area contributed by atoms with Gasteiger partial charge in [0.25, 0.3) is 5.09 Å². The Morgan fingerprint density at radius 2 is 2.19 bits per heavy atom. The highest BCUT2D eigenvalue weighted by atomic mass is 16.9. The molecule has 2 aromatic heterocycles. The minimum absolute atomic E-state index is 0.232. The lowest BCUT2D eigenvalue weighted by Crippen LogP contribution is -1.86. The first-order valence-corrected chi connectivity index (χ1v) is 4.02. The normalized spacial score (nSPS) is 9.00. The third kappa shape index (κ3) is 3.57. The molecule has 16 heavy (non-hydrogen) atoms. The van der Waals surface area contributed by atoms with Crippen molar-refractivity contribution >= 4 is 5.95 Å². The summed E-state index contributed by atoms with van der Waals surface area (Å²) in [5, 5.41) is 20.0. The van der Waals surface area contributed by atoms with Crippen molar-refractivity contribution in [1.82, 2.24) is 20.2 Å². The van der Waals surface area contributed by atoms with Crippen LogP contribution in [0.2, 0.25) is 0 Å². The maximum Gasteiger partial charge on any atom is 0.291 e. The Kier molecular flexibility index (Phi) is 3.72. The van der Waals surface area contributed by atoms with Gasteiger partial charge in [-0.2, -0.15) is 4.98 Å². The molecular formula is C7H8N6O3. The van der Waals surface area contributed by atoms with E-state index in [0.29, 0.717) is 5.82 Å². The van der Waals surface area contributed by atoms with Gasteiger partial charge in [0.15, 0.2) is 5.82 Å². The standard InChI is InChI=1S/C7H7N5.HNO3/c8-7-10-6(11-12-7)5-3-1-2-4-9-5;2-1(3)4/h1-4H,(H3,8,10,11,12);(H,2,3,4). The van der Waals surface area contributed by atoms with E-state index in [9.17, 15) is 0 Å². The van der Waals surface area contributed by atoms with Crippen LogP contribution in [-0.4, -0.2) is 30.5 Å². The van der Waals surface area contributed by atoms with Gasteiger partial charge in [-0.15, -0.1) is 15.2 Å². The van der Waals surface area contributed by atoms with E-state index in [-0.39, 0.29) is 5.95 Å². The average Bonchev–Trinajstić information content (AvgIpc) is 2.65. The van der Waals surface area contributed by atoms with E-state index in [4.69, 9.17) is 21.1 Å². The van der Waals surface area contributed by atoms with Gasteiger partial charge >= 0.3 is 0 Å². The summed E-state index contributed by atoms with van der Waals surface area (Å²) in [6.45, 7) is 0. The molecule has 0 spiro atoms. The zero-order valence-corrected chi connectivity index (χ0v) is 7.94. The van der Waals surface area contributed by atoms with Crippen molar-refractivity contribution in [3.05, 3.63) is 34.5 Å². The molecule has 2 rings (SSSR count). The first-order valence-electron chi connectivity index (χ1n) is 4.02. The number of anilines is 1. The first-order chi connectivity index (χ1) is 7.59. The van der Waals surface area contributed by atoms with Crippen LogP contribution in [0, 0.1) is 10.1 Å². The molecule has 84 valence electrons. The minimum atomic E-state index is -1.50. The van der Waals surface area contributed by atoms with Gasteiger partial charge in [-0.3, -0.25) is 10.1 Å². The third-order valence-electron chi connectivity index (χ3n) is 1.41. The van der Waals surface area contributed by atoms with Gasteiger partial charge in [-0.05, 0) is 12.1 Å². The second-order valence-corrected chi connectivity index (χ2v) is 2.50. The number of nitrogens with zero attached hydrogens (tertiary/aromatic N) is 4. The minimum Gasteiger partial charge on any atom is -0.366 e. The second kappa shape index (κ2) is 5.24. The van der Waals surface area contributed by atoms with E-state index < -0.39 is 5.09 Å². The summed E-state index contributed by atoms with van der Waals surface area (Å²) in [7, 11) is 0. The number of hydrogen-bond acceptors (Lipinski definition) is 6. The molecule has 4 N–H and O–H groups in total. The lowest BCUT2D eigenvalue weighted by molar-refractivity contribution is -0.742. The SMILES string of the molecule is Nc1n[nH]c(-c2ccccn2)n1.O=[N+]([O-])O. The molecule has 0 aliphatic rings. The fourth-order valence-electron chi connectivity index (χ4n) is 0.892. The highest BCUT2D eigenvalue weighted by Crippen LogP contribution is 2.09. The highest BCUT2D eigenvalue weighted by molar-refractivity contribution is 5.49. The molecule has 0 aliphatic carbocycles. The van der Waals surface area contributed by atoms with Crippen LogP contribution < -0.4 is 5.73 Å². The number of rotatable bonds is 1. The predicted octanol–water partition coefficient (Wildman–Crippen LogP) is 0.101. The molecule has 0 aromatic carbocycles. The molecule has 2 aromatic rings. The van der Waals surface area contributed by atoms with Crippen LogP contribution in [-0.2, 0) is 0 Å². The van der Waals surface area contributed by atoms with Crippen molar-refractivity contribution in [1.29, 1.82) is 0 Å². The number of hydrogen-bond donors (Lipinski definition) is 3. The topological polar surface area (TPSA) is 144 Å². The predicted molar refractivity (Wildman–Crippen MR) is 52.8 cm³/mol. The molecule has 0 unspecified atom stereocenters. The van der Waals surface area contributed by atoms with E-state index in [1.807, 2.05) is 18.2 Å². The molecule has 0 saturated carbocycles. The van der Waals surface area contributed by atoms with Crippen LogP contribution in [0.3, 0.4) is 0 Å². The first kappa shape index (κ1) is 11.4. The zero-order valence-electron chi connectivity index (χ0n) is 7.94. The summed E-state index contributed by atoms with van der Waals surface area (Å²) in [5.41, 5.74) is 6.07. The lowest BCUT2D eigenvalue weighted by Gasteiger charge is -1.90. The Labute approximate surface area is 89.1 Å². The van der Waals surface area contributed by atoms with Gasteiger partial charge < -0.3 is 10.9 Å². The maximum atomic E-state index is 8.36. The molecule has 2 heterocycles. The number of nitrogens with two attached hydrogens (primary N) is 1. The number of pyridine rings is 1. The second-order valence-electron chi connectivity index (χ2n) is 2.50. The Morgan fingerprint density at radius 3 is 2.62 bits per heavy atom. The zero-order chi connectivity index (χ0) is 12.0. The molecule has 0 atom stereocenters. The molecule has 0 radical (unpaired) electrons. The van der Waals surface area contributed by atoms with Gasteiger partial charge in [0.05, 0.1) is 0 Å². The Balaban J connectivity index is 0.000000280. The van der Waals surface area contributed by atoms with Crippen molar-refractivity contribution in [2.75, 3.05) is 5.73 Å². The summed E-state index contributed by atoms with van der Waals surface area (Å²) in [4.78, 5) is 16.4. The van der Waals surface area contributed by atoms with Gasteiger partial charge in [0, 0.05) is 6.20 Å². The Hall–Kier alpha value is -2.71. The van der Waals surface area contributed by atoms with E-state index in [2.05, 4.69) is 20.2 Å². The molecule has 9 nitrogen and oxygen atoms in total. The molecule has 9 heteroatoms. The highest BCUT2D eigenvalue weighted by Gasteiger charge is 2.01. The summed E-state index contributed by atoms with van der Waals surface area (Å²) in [6.07, 6.45) is 1.69. The van der Waals surface area contributed by atoms with Gasteiger partial charge in [0.1, 0.15) is 5.69 Å². The number of H-pyrrole nitrogens is 1. The van der Waals surface area contributed by atoms with Gasteiger partial charge in [-0.1, -0.05) is 6.07 Å². The maximum absolute atomic E-state index is 8.36. The van der Waals surface area contributed by atoms with Crippen molar-refractivity contribution in [2.45, 2.75) is 0 Å². The molecule has 0 saturated heterocycles. The van der Waals surface area contributed by atoms with Crippen LogP contribution in [0.1, 0.15) is 0 Å². The molecule has 0 amide bonds.